The summed E-state index contributed by atoms with van der Waals surface area (Å²) in [6.07, 6.45) is 0. The number of carbonyl (C=O) groups is 1. The van der Waals surface area contributed by atoms with Crippen molar-refractivity contribution in [1.82, 2.24) is 15.1 Å². The van der Waals surface area contributed by atoms with E-state index < -0.39 is 0 Å². The van der Waals surface area contributed by atoms with Crippen molar-refractivity contribution in [3.63, 3.8) is 0 Å². The maximum atomic E-state index is 12.4. The zero-order chi connectivity index (χ0) is 19.5. The summed E-state index contributed by atoms with van der Waals surface area (Å²) in [7, 11) is 1.75. The maximum Gasteiger partial charge on any atom is 0.277 e. The van der Waals surface area contributed by atoms with Crippen LogP contribution in [0.4, 0.5) is 0 Å². The highest BCUT2D eigenvalue weighted by Crippen LogP contribution is 2.32. The highest BCUT2D eigenvalue weighted by atomic mass is 35.5. The minimum absolute atomic E-state index is 0.0473. The van der Waals surface area contributed by atoms with Gasteiger partial charge in [0.25, 0.3) is 5.22 Å². The van der Waals surface area contributed by atoms with E-state index in [0.717, 1.165) is 16.9 Å². The van der Waals surface area contributed by atoms with Crippen LogP contribution in [-0.2, 0) is 11.3 Å². The van der Waals surface area contributed by atoms with Crippen LogP contribution in [0.3, 0.4) is 0 Å². The zero-order valence-corrected chi connectivity index (χ0v) is 16.5. The lowest BCUT2D eigenvalue weighted by atomic mass is 10.2. The number of amides is 1. The van der Waals surface area contributed by atoms with E-state index in [-0.39, 0.29) is 18.5 Å². The van der Waals surface area contributed by atoms with Crippen molar-refractivity contribution in [3.05, 3.63) is 53.1 Å². The molecule has 2 heterocycles. The molecule has 0 atom stereocenters. The maximum absolute atomic E-state index is 12.4. The van der Waals surface area contributed by atoms with Crippen molar-refractivity contribution in [3.8, 4) is 23.0 Å². The molecule has 9 heteroatoms. The lowest BCUT2D eigenvalue weighted by Crippen LogP contribution is -2.27. The molecule has 28 heavy (non-hydrogen) atoms. The summed E-state index contributed by atoms with van der Waals surface area (Å²) >= 11 is 7.08. The molecule has 0 radical (unpaired) electrons. The van der Waals surface area contributed by atoms with Gasteiger partial charge in [0.2, 0.25) is 18.6 Å². The second-order valence-corrected chi connectivity index (χ2v) is 7.47. The highest BCUT2D eigenvalue weighted by Gasteiger charge is 2.17. The molecule has 1 aliphatic rings. The van der Waals surface area contributed by atoms with Crippen LogP contribution in [0.5, 0.6) is 11.5 Å². The van der Waals surface area contributed by atoms with E-state index in [2.05, 4.69) is 10.2 Å². The first kappa shape index (κ1) is 18.6. The molecule has 0 spiro atoms. The molecule has 0 N–H and O–H groups in total. The molecule has 0 fully saturated rings. The first-order chi connectivity index (χ1) is 13.6. The SMILES string of the molecule is CN(Cc1ccc2c(c1)OCO2)C(=O)CSc1nnc(-c2ccc(Cl)cc2)o1. The van der Waals surface area contributed by atoms with E-state index in [1.807, 2.05) is 18.2 Å². The van der Waals surface area contributed by atoms with Crippen molar-refractivity contribution in [2.24, 2.45) is 0 Å². The number of carbonyl (C=O) groups excluding carboxylic acids is 1. The number of hydrogen-bond donors (Lipinski definition) is 0. The van der Waals surface area contributed by atoms with E-state index in [4.69, 9.17) is 25.5 Å². The summed E-state index contributed by atoms with van der Waals surface area (Å²) in [5.41, 5.74) is 1.74. The average molecular weight is 418 g/mol. The second kappa shape index (κ2) is 8.12. The molecular formula is C19H16ClN3O4S. The Labute approximate surface area is 170 Å². The topological polar surface area (TPSA) is 77.7 Å². The van der Waals surface area contributed by atoms with Crippen molar-refractivity contribution < 1.29 is 18.7 Å². The zero-order valence-electron chi connectivity index (χ0n) is 14.9. The number of rotatable bonds is 6. The quantitative estimate of drug-likeness (QED) is 0.563. The van der Waals surface area contributed by atoms with E-state index in [1.165, 1.54) is 11.8 Å². The number of benzene rings is 2. The fourth-order valence-electron chi connectivity index (χ4n) is 2.61. The largest absolute Gasteiger partial charge is 0.454 e. The van der Waals surface area contributed by atoms with E-state index >= 15 is 0 Å². The molecule has 3 aromatic rings. The molecule has 1 aromatic heterocycles. The molecular weight excluding hydrogens is 402 g/mol. The Morgan fingerprint density at radius 1 is 1.14 bits per heavy atom. The summed E-state index contributed by atoms with van der Waals surface area (Å²) in [6, 6.07) is 12.8. The molecule has 0 aliphatic carbocycles. The van der Waals surface area contributed by atoms with Crippen LogP contribution < -0.4 is 9.47 Å². The van der Waals surface area contributed by atoms with Crippen molar-refractivity contribution in [2.75, 3.05) is 19.6 Å². The van der Waals surface area contributed by atoms with Gasteiger partial charge in [0.1, 0.15) is 0 Å². The second-order valence-electron chi connectivity index (χ2n) is 6.11. The van der Waals surface area contributed by atoms with E-state index in [1.54, 1.807) is 36.2 Å². The van der Waals surface area contributed by atoms with Gasteiger partial charge in [-0.05, 0) is 42.0 Å². The lowest BCUT2D eigenvalue weighted by Gasteiger charge is -2.16. The van der Waals surface area contributed by atoms with Crippen molar-refractivity contribution >= 4 is 29.3 Å². The average Bonchev–Trinajstić information content (AvgIpc) is 3.35. The molecule has 2 aromatic carbocycles. The van der Waals surface area contributed by atoms with Gasteiger partial charge >= 0.3 is 0 Å². The van der Waals surface area contributed by atoms with Crippen LogP contribution in [0.2, 0.25) is 5.02 Å². The third-order valence-electron chi connectivity index (χ3n) is 4.10. The number of aromatic nitrogens is 2. The number of thioether (sulfide) groups is 1. The highest BCUT2D eigenvalue weighted by molar-refractivity contribution is 7.99. The third-order valence-corrected chi connectivity index (χ3v) is 5.15. The number of nitrogens with zero attached hydrogens (tertiary/aromatic N) is 3. The first-order valence-corrected chi connectivity index (χ1v) is 9.79. The lowest BCUT2D eigenvalue weighted by molar-refractivity contribution is -0.127. The fraction of sp³-hybridized carbons (Fsp3) is 0.211. The summed E-state index contributed by atoms with van der Waals surface area (Å²) < 4.78 is 16.3. The van der Waals surface area contributed by atoms with Crippen LogP contribution in [0.15, 0.2) is 52.1 Å². The molecule has 1 amide bonds. The smallest absolute Gasteiger partial charge is 0.277 e. The number of halogens is 1. The first-order valence-electron chi connectivity index (χ1n) is 8.43. The Balaban J connectivity index is 1.32. The van der Waals surface area contributed by atoms with Crippen LogP contribution in [0.25, 0.3) is 11.5 Å². The fourth-order valence-corrected chi connectivity index (χ4v) is 3.44. The molecule has 0 saturated carbocycles. The Hall–Kier alpha value is -2.71. The van der Waals surface area contributed by atoms with Gasteiger partial charge in [-0.3, -0.25) is 4.79 Å². The summed E-state index contributed by atoms with van der Waals surface area (Å²) in [6.45, 7) is 0.697. The molecule has 0 bridgehead atoms. The minimum atomic E-state index is -0.0473. The molecule has 0 unspecified atom stereocenters. The molecule has 7 nitrogen and oxygen atoms in total. The predicted molar refractivity (Wildman–Crippen MR) is 105 cm³/mol. The van der Waals surface area contributed by atoms with Crippen LogP contribution >= 0.6 is 23.4 Å². The Morgan fingerprint density at radius 2 is 1.93 bits per heavy atom. The van der Waals surface area contributed by atoms with Gasteiger partial charge in [0, 0.05) is 24.2 Å². The number of fused-ring (bicyclic) bond motifs is 1. The molecule has 144 valence electrons. The Bertz CT molecular complexity index is 993. The number of hydrogen-bond acceptors (Lipinski definition) is 7. The molecule has 4 rings (SSSR count). The molecule has 1 aliphatic heterocycles. The third kappa shape index (κ3) is 4.23. The van der Waals surface area contributed by atoms with Gasteiger partial charge in [-0.1, -0.05) is 29.4 Å². The van der Waals surface area contributed by atoms with E-state index in [9.17, 15) is 4.79 Å². The minimum Gasteiger partial charge on any atom is -0.454 e. The van der Waals surface area contributed by atoms with Crippen molar-refractivity contribution in [2.45, 2.75) is 11.8 Å². The Kier molecular flexibility index (Phi) is 5.40. The van der Waals surface area contributed by atoms with Crippen molar-refractivity contribution in [1.29, 1.82) is 0 Å². The normalized spacial score (nSPS) is 12.2. The standard InChI is InChI=1S/C19H16ClN3O4S/c1-23(9-12-2-7-15-16(8-12)26-11-25-15)17(24)10-28-19-22-21-18(27-19)13-3-5-14(20)6-4-13/h2-8H,9-11H2,1H3. The van der Waals surface area contributed by atoms with Gasteiger partial charge in [-0.15, -0.1) is 10.2 Å². The van der Waals surface area contributed by atoms with Crippen LogP contribution in [0.1, 0.15) is 5.56 Å². The van der Waals surface area contributed by atoms with Crippen LogP contribution in [0, 0.1) is 0 Å². The van der Waals surface area contributed by atoms with Gasteiger partial charge in [-0.2, -0.15) is 0 Å². The summed E-state index contributed by atoms with van der Waals surface area (Å²) in [5.74, 6) is 1.97. The monoisotopic (exact) mass is 417 g/mol. The number of ether oxygens (including phenoxy) is 2. The van der Waals surface area contributed by atoms with Gasteiger partial charge in [0.05, 0.1) is 5.75 Å². The van der Waals surface area contributed by atoms with Gasteiger partial charge in [-0.25, -0.2) is 0 Å². The van der Waals surface area contributed by atoms with Crippen LogP contribution in [-0.4, -0.2) is 40.6 Å². The van der Waals surface area contributed by atoms with Gasteiger partial charge < -0.3 is 18.8 Å². The Morgan fingerprint density at radius 3 is 2.75 bits per heavy atom. The van der Waals surface area contributed by atoms with E-state index in [0.29, 0.717) is 28.4 Å². The summed E-state index contributed by atoms with van der Waals surface area (Å²) in [4.78, 5) is 14.1. The summed E-state index contributed by atoms with van der Waals surface area (Å²) in [5, 5.41) is 8.97. The predicted octanol–water partition coefficient (Wildman–Crippen LogP) is 3.87. The molecule has 0 saturated heterocycles. The van der Waals surface area contributed by atoms with Gasteiger partial charge in [0.15, 0.2) is 11.5 Å².